The summed E-state index contributed by atoms with van der Waals surface area (Å²) in [7, 11) is 0. The second-order valence-electron chi connectivity index (χ2n) is 5.61. The van der Waals surface area contributed by atoms with Crippen molar-refractivity contribution >= 4 is 35.0 Å². The molecule has 2 N–H and O–H groups in total. The van der Waals surface area contributed by atoms with Crippen LogP contribution in [0.3, 0.4) is 0 Å². The van der Waals surface area contributed by atoms with Crippen molar-refractivity contribution in [1.82, 2.24) is 5.32 Å². The van der Waals surface area contributed by atoms with Gasteiger partial charge in [-0.25, -0.2) is 0 Å². The highest BCUT2D eigenvalue weighted by Gasteiger charge is 2.21. The van der Waals surface area contributed by atoms with Crippen molar-refractivity contribution in [3.8, 4) is 0 Å². The van der Waals surface area contributed by atoms with E-state index in [4.69, 9.17) is 11.6 Å². The van der Waals surface area contributed by atoms with Crippen LogP contribution in [0.15, 0.2) is 18.2 Å². The fourth-order valence-corrected chi connectivity index (χ4v) is 3.70. The lowest BCUT2D eigenvalue weighted by atomic mass is 9.95. The summed E-state index contributed by atoms with van der Waals surface area (Å²) in [5, 5.41) is 7.68. The van der Waals surface area contributed by atoms with Crippen LogP contribution in [0, 0.1) is 6.92 Å². The minimum Gasteiger partial charge on any atom is -0.325 e. The molecule has 1 aromatic carbocycles. The zero-order valence-corrected chi connectivity index (χ0v) is 14.2. The van der Waals surface area contributed by atoms with Crippen LogP contribution in [0.1, 0.15) is 31.2 Å². The van der Waals surface area contributed by atoms with Gasteiger partial charge in [-0.15, -0.1) is 0 Å². The Morgan fingerprint density at radius 3 is 3.00 bits per heavy atom. The highest BCUT2D eigenvalue weighted by Crippen LogP contribution is 2.26. The van der Waals surface area contributed by atoms with Gasteiger partial charge in [-0.05, 0) is 50.1 Å². The number of amides is 1. The predicted octanol–water partition coefficient (Wildman–Crippen LogP) is 3.85. The molecule has 0 heterocycles. The molecule has 3 nitrogen and oxygen atoms in total. The zero-order chi connectivity index (χ0) is 15.2. The number of benzene rings is 1. The largest absolute Gasteiger partial charge is 0.325 e. The molecule has 1 fully saturated rings. The number of thioether (sulfide) groups is 1. The number of hydrogen-bond acceptors (Lipinski definition) is 3. The molecule has 1 aromatic rings. The number of rotatable bonds is 5. The molecule has 2 unspecified atom stereocenters. The number of hydrogen-bond donors (Lipinski definition) is 2. The molecule has 0 aromatic heterocycles. The summed E-state index contributed by atoms with van der Waals surface area (Å²) in [5.74, 6) is -0.00774. The number of carbonyl (C=O) groups excluding carboxylic acids is 1. The van der Waals surface area contributed by atoms with Gasteiger partial charge in [-0.1, -0.05) is 24.1 Å². The minimum atomic E-state index is -0.00774. The quantitative estimate of drug-likeness (QED) is 0.863. The van der Waals surface area contributed by atoms with Crippen LogP contribution >= 0.6 is 23.4 Å². The lowest BCUT2D eigenvalue weighted by Gasteiger charge is -2.28. The van der Waals surface area contributed by atoms with Gasteiger partial charge in [-0.3, -0.25) is 4.79 Å². The average molecular weight is 327 g/mol. The van der Waals surface area contributed by atoms with Gasteiger partial charge in [0.2, 0.25) is 5.91 Å². The van der Waals surface area contributed by atoms with E-state index in [-0.39, 0.29) is 5.91 Å². The molecular formula is C16H23ClN2OS. The molecule has 0 aliphatic heterocycles. The summed E-state index contributed by atoms with van der Waals surface area (Å²) < 4.78 is 0. The van der Waals surface area contributed by atoms with Crippen molar-refractivity contribution in [2.45, 2.75) is 43.9 Å². The molecule has 21 heavy (non-hydrogen) atoms. The second kappa shape index (κ2) is 8.06. The van der Waals surface area contributed by atoms with E-state index in [1.165, 1.54) is 19.3 Å². The van der Waals surface area contributed by atoms with Gasteiger partial charge in [0, 0.05) is 22.0 Å². The Bertz CT molecular complexity index is 495. The number of anilines is 1. The monoisotopic (exact) mass is 326 g/mol. The fraction of sp³-hybridized carbons (Fsp3) is 0.562. The Morgan fingerprint density at radius 1 is 1.43 bits per heavy atom. The Hall–Kier alpha value is -0.710. The third-order valence-corrected chi connectivity index (χ3v) is 5.31. The Balaban J connectivity index is 1.80. The van der Waals surface area contributed by atoms with E-state index in [2.05, 4.69) is 16.9 Å². The molecular weight excluding hydrogens is 304 g/mol. The van der Waals surface area contributed by atoms with Crippen LogP contribution in [-0.2, 0) is 4.79 Å². The van der Waals surface area contributed by atoms with Gasteiger partial charge in [0.1, 0.15) is 0 Å². The topological polar surface area (TPSA) is 41.1 Å². The van der Waals surface area contributed by atoms with E-state index in [1.807, 2.05) is 30.8 Å². The highest BCUT2D eigenvalue weighted by atomic mass is 35.5. The summed E-state index contributed by atoms with van der Waals surface area (Å²) in [6.45, 7) is 2.32. The first-order valence-electron chi connectivity index (χ1n) is 7.40. The summed E-state index contributed by atoms with van der Waals surface area (Å²) >= 11 is 7.90. The van der Waals surface area contributed by atoms with Gasteiger partial charge >= 0.3 is 0 Å². The molecule has 5 heteroatoms. The third-order valence-electron chi connectivity index (χ3n) is 3.98. The summed E-state index contributed by atoms with van der Waals surface area (Å²) in [4.78, 5) is 12.0. The molecule has 0 spiro atoms. The number of carbonyl (C=O) groups is 1. The summed E-state index contributed by atoms with van der Waals surface area (Å²) in [6, 6.07) is 5.99. The first-order valence-corrected chi connectivity index (χ1v) is 9.07. The molecule has 1 amide bonds. The van der Waals surface area contributed by atoms with Gasteiger partial charge in [0.25, 0.3) is 0 Å². The van der Waals surface area contributed by atoms with Crippen molar-refractivity contribution in [3.63, 3.8) is 0 Å². The normalized spacial score (nSPS) is 22.0. The van der Waals surface area contributed by atoms with Crippen molar-refractivity contribution in [1.29, 1.82) is 0 Å². The smallest absolute Gasteiger partial charge is 0.238 e. The maximum absolute atomic E-state index is 12.0. The Labute approximate surface area is 136 Å². The number of nitrogens with one attached hydrogen (secondary N) is 2. The molecule has 116 valence electrons. The van der Waals surface area contributed by atoms with Crippen molar-refractivity contribution < 1.29 is 4.79 Å². The molecule has 1 aliphatic carbocycles. The average Bonchev–Trinajstić information content (AvgIpc) is 2.49. The van der Waals surface area contributed by atoms with E-state index in [1.54, 1.807) is 6.07 Å². The second-order valence-corrected chi connectivity index (χ2v) is 7.18. The van der Waals surface area contributed by atoms with Crippen molar-refractivity contribution in [3.05, 3.63) is 28.8 Å². The van der Waals surface area contributed by atoms with Gasteiger partial charge < -0.3 is 10.6 Å². The molecule has 0 radical (unpaired) electrons. The lowest BCUT2D eigenvalue weighted by molar-refractivity contribution is -0.115. The van der Waals surface area contributed by atoms with Gasteiger partial charge in [0.05, 0.1) is 6.54 Å². The van der Waals surface area contributed by atoms with Crippen LogP contribution in [0.25, 0.3) is 0 Å². The molecule has 2 rings (SSSR count). The van der Waals surface area contributed by atoms with Crippen LogP contribution in [0.5, 0.6) is 0 Å². The third kappa shape index (κ3) is 5.20. The molecule has 1 saturated carbocycles. The number of aryl methyl sites for hydroxylation is 1. The summed E-state index contributed by atoms with van der Waals surface area (Å²) in [6.07, 6.45) is 7.04. The van der Waals surface area contributed by atoms with Crippen LogP contribution in [0.4, 0.5) is 5.69 Å². The lowest BCUT2D eigenvalue weighted by Crippen LogP contribution is -2.39. The van der Waals surface area contributed by atoms with Crippen LogP contribution in [0.2, 0.25) is 5.02 Å². The van der Waals surface area contributed by atoms with Crippen LogP contribution < -0.4 is 10.6 Å². The molecule has 0 bridgehead atoms. The number of halogens is 1. The standard InChI is InChI=1S/C16H23ClN2OS/c1-11-6-7-12(17)8-15(11)19-16(20)10-18-13-4-3-5-14(9-13)21-2/h6-8,13-14,18H,3-5,9-10H2,1-2H3,(H,19,20). The van der Waals surface area contributed by atoms with E-state index in [0.717, 1.165) is 22.9 Å². The Kier molecular flexibility index (Phi) is 6.40. The SMILES string of the molecule is CSC1CCCC(NCC(=O)Nc2cc(Cl)ccc2C)C1. The van der Waals surface area contributed by atoms with E-state index < -0.39 is 0 Å². The minimum absolute atomic E-state index is 0.00774. The van der Waals surface area contributed by atoms with Crippen molar-refractivity contribution in [2.75, 3.05) is 18.1 Å². The van der Waals surface area contributed by atoms with E-state index in [9.17, 15) is 4.79 Å². The van der Waals surface area contributed by atoms with Crippen molar-refractivity contribution in [2.24, 2.45) is 0 Å². The first kappa shape index (κ1) is 16.7. The van der Waals surface area contributed by atoms with Gasteiger partial charge in [0.15, 0.2) is 0 Å². The maximum Gasteiger partial charge on any atom is 0.238 e. The first-order chi connectivity index (χ1) is 10.1. The molecule has 0 saturated heterocycles. The highest BCUT2D eigenvalue weighted by molar-refractivity contribution is 7.99. The maximum atomic E-state index is 12.0. The zero-order valence-electron chi connectivity index (χ0n) is 12.6. The molecule has 1 aliphatic rings. The Morgan fingerprint density at radius 2 is 2.24 bits per heavy atom. The van der Waals surface area contributed by atoms with E-state index in [0.29, 0.717) is 17.6 Å². The summed E-state index contributed by atoms with van der Waals surface area (Å²) in [5.41, 5.74) is 1.81. The van der Waals surface area contributed by atoms with E-state index >= 15 is 0 Å². The predicted molar refractivity (Wildman–Crippen MR) is 92.4 cm³/mol. The molecule has 2 atom stereocenters. The van der Waals surface area contributed by atoms with Gasteiger partial charge in [-0.2, -0.15) is 11.8 Å². The van der Waals surface area contributed by atoms with Crippen LogP contribution in [-0.4, -0.2) is 30.0 Å². The fourth-order valence-electron chi connectivity index (χ4n) is 2.70.